The van der Waals surface area contributed by atoms with Gasteiger partial charge >= 0.3 is 24.4 Å². The Morgan fingerprint density at radius 3 is 0.876 bits per heavy atom. The summed E-state index contributed by atoms with van der Waals surface area (Å²) in [6.45, 7) is 46.8. The van der Waals surface area contributed by atoms with Gasteiger partial charge in [0.1, 0.15) is 22.4 Å². The monoisotopic (exact) mass is 1880 g/mol. The summed E-state index contributed by atoms with van der Waals surface area (Å²) in [5.41, 5.74) is 8.92. The summed E-state index contributed by atoms with van der Waals surface area (Å²) in [5, 5.41) is 49.5. The Labute approximate surface area is 787 Å². The normalized spacial score (nSPS) is 19.5. The molecule has 4 aliphatic heterocycles. The van der Waals surface area contributed by atoms with E-state index in [1.54, 1.807) is 26.9 Å². The quantitative estimate of drug-likeness (QED) is 0.00466. The number of aliphatic hydroxyl groups excluding tert-OH is 4. The van der Waals surface area contributed by atoms with Gasteiger partial charge < -0.3 is 63.4 Å². The first-order valence-corrected chi connectivity index (χ1v) is 52.6. The summed E-state index contributed by atoms with van der Waals surface area (Å²) >= 11 is 9.59. The molecule has 0 aliphatic carbocycles. The highest BCUT2D eigenvalue weighted by molar-refractivity contribution is 9.10. The molecule has 3 radical (unpaired) electrons. The van der Waals surface area contributed by atoms with Gasteiger partial charge in [0.15, 0.2) is 15.7 Å². The molecule has 12 rings (SSSR count). The minimum absolute atomic E-state index is 0. The van der Waals surface area contributed by atoms with Crippen molar-refractivity contribution in [3.8, 4) is 0 Å². The molecule has 0 bridgehead atoms. The van der Waals surface area contributed by atoms with E-state index < -0.39 is 38.1 Å². The van der Waals surface area contributed by atoms with Gasteiger partial charge in [-0.1, -0.05) is 308 Å². The van der Waals surface area contributed by atoms with Gasteiger partial charge in [-0.05, 0) is 189 Å². The molecule has 4 saturated heterocycles. The number of ether oxygens (including phenoxy) is 4. The Morgan fingerprint density at radius 2 is 0.659 bits per heavy atom. The fourth-order valence-electron chi connectivity index (χ4n) is 15.5. The van der Waals surface area contributed by atoms with E-state index in [9.17, 15) is 34.5 Å². The first-order chi connectivity index (χ1) is 60.9. The Bertz CT molecular complexity index is 4640. The molecule has 4 heterocycles. The average Bonchev–Trinajstić information content (AvgIpc) is 0.786. The van der Waals surface area contributed by atoms with E-state index in [1.807, 2.05) is 233 Å². The minimum atomic E-state index is -1.80. The van der Waals surface area contributed by atoms with Crippen molar-refractivity contribution in [2.75, 3.05) is 59.2 Å². The van der Waals surface area contributed by atoms with Crippen molar-refractivity contribution in [3.63, 3.8) is 0 Å². The van der Waals surface area contributed by atoms with Gasteiger partial charge in [0.2, 0.25) is 0 Å². The number of carbonyl (C=O) groups excluding carboxylic acids is 4. The van der Waals surface area contributed by atoms with E-state index >= 15 is 0 Å². The lowest BCUT2D eigenvalue weighted by molar-refractivity contribution is -0.176. The Balaban J connectivity index is 0.000000291. The number of hydrogen-bond donors (Lipinski definition) is 6. The molecule has 129 heavy (non-hydrogen) atoms. The minimum Gasteiger partial charge on any atom is -0.438 e. The average molecular weight is 1880 g/mol. The summed E-state index contributed by atoms with van der Waals surface area (Å²) in [7, 11) is -3.19. The predicted octanol–water partition coefficient (Wildman–Crippen LogP) is 25.7. The third-order valence-electron chi connectivity index (χ3n) is 25.7. The van der Waals surface area contributed by atoms with Crippen molar-refractivity contribution < 1.29 is 73.5 Å². The molecule has 8 atom stereocenters. The van der Waals surface area contributed by atoms with Gasteiger partial charge in [0.25, 0.3) is 0 Å². The van der Waals surface area contributed by atoms with E-state index in [-0.39, 0.29) is 88.4 Å². The maximum Gasteiger partial charge on any atom is 0.411 e. The summed E-state index contributed by atoms with van der Waals surface area (Å²) in [4.78, 5) is 59.2. The van der Waals surface area contributed by atoms with Crippen LogP contribution in [-0.4, -0.2) is 158 Å². The summed E-state index contributed by atoms with van der Waals surface area (Å²) < 4.78 is 31.8. The Kier molecular flexibility index (Phi) is 45.4. The molecule has 24 heteroatoms. The molecule has 0 spiro atoms. The third-order valence-corrected chi connectivity index (χ3v) is 36.0. The van der Waals surface area contributed by atoms with Gasteiger partial charge in [0.05, 0.1) is 24.2 Å². The molecule has 4 fully saturated rings. The lowest BCUT2D eigenvalue weighted by atomic mass is 9.84. The van der Waals surface area contributed by atoms with Crippen molar-refractivity contribution in [2.24, 2.45) is 0 Å². The van der Waals surface area contributed by atoms with Crippen LogP contribution < -0.4 is 0 Å². The highest BCUT2D eigenvalue weighted by Crippen LogP contribution is 2.47. The van der Waals surface area contributed by atoms with Crippen LogP contribution >= 0.6 is 27.0 Å². The molecular weight excluding hydrogens is 1740 g/mol. The predicted molar refractivity (Wildman–Crippen MR) is 533 cm³/mol. The zero-order valence-corrected chi connectivity index (χ0v) is 83.3. The molecule has 19 nitrogen and oxygen atoms in total. The molecule has 4 aliphatic rings. The van der Waals surface area contributed by atoms with Crippen LogP contribution in [0.5, 0.6) is 0 Å². The molecule has 6 N–H and O–H groups in total. The van der Waals surface area contributed by atoms with Crippen LogP contribution in [0, 0.1) is 0 Å². The number of cyclic esters (lactones) is 4. The van der Waals surface area contributed by atoms with Crippen LogP contribution in [0.4, 0.5) is 19.2 Å². The van der Waals surface area contributed by atoms with Gasteiger partial charge in [0, 0.05) is 97.8 Å². The van der Waals surface area contributed by atoms with E-state index in [0.717, 1.165) is 84.9 Å². The number of amides is 4. The number of hydrogen-bond acceptors (Lipinski definition) is 15. The van der Waals surface area contributed by atoms with Crippen molar-refractivity contribution in [1.29, 1.82) is 0 Å². The molecule has 8 aromatic carbocycles. The standard InChI is InChI=1S/C29H41NO3Si.C23H29NO4.C23H27NO3.C21H24BrNO3.C6H15ClSi.C3H6.B.H2O2/c1-8-24-15-17-25(18-16-24)23(2)30-21-20-29(33-27(30)31,26-13-10-9-11-14-26)19-12-22-32-34(6,7)28(3,4)5;1-18(20-10-8-19(9-11-20)12-17-26)24-15-14-23(13-5-16-25,28-22(24)27)21-6-3-2-4-7-21;1-3-19-10-12-20(13-11-19)18(2)24-16-15-23(14-7-17-25,27-22(24)26)21-8-5-4-6-9-21;1-16(17-8-10-19(22)11-9-17)23-14-13-21(12-5-15-24,26-20(23)25)18-6-3-2-4-7-18;1-6(2,3)8(4,5)7;1-3-2;;1-2/h8-11,13-18,23H,1,12,19-22H2,2-7H3;2-4,6-11,18,25-26H,5,12-17H2,1H3;3-6,8-13,18,25H,1,7,14-17H2,2H3;2-4,6-11,16,24H,5,12-15H2,1H3;1-5H3;3H,1H2,2H3;;1-2H/t23-,29+;2*18-,23+;16-,21+;;;;/m0000..../s1. The molecular formula is C105H144BBrClN4O15Si2. The maximum atomic E-state index is 13.3. The van der Waals surface area contributed by atoms with E-state index in [4.69, 9.17) is 50.1 Å². The van der Waals surface area contributed by atoms with Crippen LogP contribution in [-0.2, 0) is 52.2 Å². The summed E-state index contributed by atoms with van der Waals surface area (Å²) in [6, 6.07) is 71.8. The summed E-state index contributed by atoms with van der Waals surface area (Å²) in [5.74, 6) is 0. The number of benzene rings is 8. The van der Waals surface area contributed by atoms with Gasteiger partial charge in [-0.3, -0.25) is 10.5 Å². The zero-order valence-electron chi connectivity index (χ0n) is 79.0. The fourth-order valence-corrected chi connectivity index (χ4v) is 16.9. The number of carbonyl (C=O) groups is 4. The Morgan fingerprint density at radius 1 is 0.419 bits per heavy atom. The van der Waals surface area contributed by atoms with Crippen LogP contribution in [0.2, 0.25) is 36.3 Å². The molecule has 0 unspecified atom stereocenters. The van der Waals surface area contributed by atoms with Crippen molar-refractivity contribution in [3.05, 3.63) is 310 Å². The number of halogens is 2. The van der Waals surface area contributed by atoms with E-state index in [0.29, 0.717) is 102 Å². The highest BCUT2D eigenvalue weighted by Gasteiger charge is 2.48. The second-order valence-electron chi connectivity index (χ2n) is 36.2. The first kappa shape index (κ1) is 111. The summed E-state index contributed by atoms with van der Waals surface area (Å²) in [6.07, 6.45) is 13.0. The first-order valence-electron chi connectivity index (χ1n) is 44.9. The number of allylic oxidation sites excluding steroid dienone is 1. The molecule has 4 amide bonds. The van der Waals surface area contributed by atoms with Gasteiger partial charge in [-0.25, -0.2) is 19.2 Å². The van der Waals surface area contributed by atoms with Crippen molar-refractivity contribution in [1.82, 2.24) is 19.6 Å². The third kappa shape index (κ3) is 31.4. The largest absolute Gasteiger partial charge is 0.438 e. The Hall–Kier alpha value is -8.95. The molecule has 0 saturated carbocycles. The van der Waals surface area contributed by atoms with E-state index in [2.05, 4.69) is 135 Å². The maximum absolute atomic E-state index is 13.3. The lowest BCUT2D eigenvalue weighted by Crippen LogP contribution is -2.49. The van der Waals surface area contributed by atoms with Gasteiger partial charge in [-0.15, -0.1) is 6.58 Å². The smallest absolute Gasteiger partial charge is 0.411 e. The van der Waals surface area contributed by atoms with Crippen molar-refractivity contribution >= 4 is 87.6 Å². The second-order valence-corrected chi connectivity index (χ2v) is 49.2. The number of rotatable bonds is 30. The fraction of sp³-hybridized carbons (Fsp3) is 0.448. The van der Waals surface area contributed by atoms with Crippen LogP contribution in [0.25, 0.3) is 12.2 Å². The van der Waals surface area contributed by atoms with Crippen LogP contribution in [0.3, 0.4) is 0 Å². The second kappa shape index (κ2) is 52.9. The van der Waals surface area contributed by atoms with Crippen LogP contribution in [0.1, 0.15) is 239 Å². The molecule has 0 aromatic heterocycles. The number of aliphatic hydroxyl groups is 4. The molecule has 699 valence electrons. The van der Waals surface area contributed by atoms with Gasteiger partial charge in [-0.2, -0.15) is 11.1 Å². The lowest BCUT2D eigenvalue weighted by Gasteiger charge is -2.44. The van der Waals surface area contributed by atoms with Crippen LogP contribution in [0.15, 0.2) is 249 Å². The van der Waals surface area contributed by atoms with Crippen molar-refractivity contribution in [2.45, 2.75) is 242 Å². The van der Waals surface area contributed by atoms with E-state index in [1.165, 1.54) is 0 Å². The SMILES string of the molecule is C=CC.C=Cc1ccc([C@H](C)N2CC[C@](CCCO)(c3ccccc3)OC2=O)cc1.C=Cc1ccc([C@H](C)N2CC[C@](CCCO[Si](C)(C)C(C)(C)C)(c3ccccc3)OC2=O)cc1.CC(C)(C)[Si](C)(C)Cl.C[C@@H](c1ccc(Br)cc1)N1CC[C@](CCCO)(c2ccccc2)OC1=O.C[C@@H](c1ccc(CCO)cc1)N1CC[C@](CCCO)(c2ccccc2)OC1=O.OO.[B]. The highest BCUT2D eigenvalue weighted by atomic mass is 79.9. The molecule has 8 aromatic rings. The number of nitrogens with zero attached hydrogens (tertiary/aromatic N) is 4. The topological polar surface area (TPSA) is 249 Å². The zero-order chi connectivity index (χ0) is 94.5.